The lowest BCUT2D eigenvalue weighted by atomic mass is 10.2. The number of carbonyl (C=O) groups is 2. The number of aryl methyl sites for hydroxylation is 1. The second kappa shape index (κ2) is 8.89. The first kappa shape index (κ1) is 20.9. The van der Waals surface area contributed by atoms with Gasteiger partial charge in [0, 0.05) is 32.6 Å². The molecule has 170 valence electrons. The lowest BCUT2D eigenvalue weighted by molar-refractivity contribution is -0.146. The van der Waals surface area contributed by atoms with E-state index in [0.29, 0.717) is 48.6 Å². The average Bonchev–Trinajstić information content (AvgIpc) is 2.87. The first-order chi connectivity index (χ1) is 16.1. The highest BCUT2D eigenvalue weighted by molar-refractivity contribution is 5.82. The van der Waals surface area contributed by atoms with E-state index in [2.05, 4.69) is 10.3 Å². The van der Waals surface area contributed by atoms with Crippen LogP contribution in [-0.2, 0) is 16.1 Å². The first-order valence-corrected chi connectivity index (χ1v) is 10.9. The molecule has 2 aliphatic rings. The van der Waals surface area contributed by atoms with E-state index in [9.17, 15) is 14.4 Å². The minimum Gasteiger partial charge on any atom is -0.485 e. The van der Waals surface area contributed by atoms with Crippen LogP contribution in [0.4, 0.5) is 0 Å². The maximum atomic E-state index is 12.9. The maximum absolute atomic E-state index is 12.9. The van der Waals surface area contributed by atoms with Gasteiger partial charge in [-0.2, -0.15) is 0 Å². The molecular weight excluding hydrogens is 426 g/mol. The molecule has 1 aromatic heterocycles. The Balaban J connectivity index is 1.14. The van der Waals surface area contributed by atoms with Gasteiger partial charge in [0.25, 0.3) is 11.5 Å². The number of para-hydroxylation sites is 2. The second-order valence-corrected chi connectivity index (χ2v) is 7.96. The third-order valence-corrected chi connectivity index (χ3v) is 5.89. The molecule has 33 heavy (non-hydrogen) atoms. The molecule has 3 aromatic rings. The second-order valence-electron chi connectivity index (χ2n) is 7.96. The maximum Gasteiger partial charge on any atom is 0.277 e. The zero-order valence-corrected chi connectivity index (χ0v) is 17.9. The van der Waals surface area contributed by atoms with E-state index in [1.54, 1.807) is 46.2 Å². The predicted octanol–water partition coefficient (Wildman–Crippen LogP) is 0.692. The Morgan fingerprint density at radius 1 is 0.939 bits per heavy atom. The Bertz CT molecular complexity index is 1250. The standard InChI is InChI=1S/C23H23N5O5/c29-21(9-10-28-22(30)16-5-1-2-6-17(16)24-25-28)26-11-13-27(14-12-26)23(31)20-15-32-18-7-3-4-8-19(18)33-20/h1-8,20H,9-15H2/t20-/m1/s1. The smallest absolute Gasteiger partial charge is 0.277 e. The molecule has 1 fully saturated rings. The molecule has 2 amide bonds. The number of carbonyl (C=O) groups excluding carboxylic acids is 2. The molecule has 10 nitrogen and oxygen atoms in total. The SMILES string of the molecule is O=C(CCn1nnc2ccccc2c1=O)N1CCN(C(=O)[C@H]2COc3ccccc3O2)CC1. The van der Waals surface area contributed by atoms with Crippen LogP contribution in [0.1, 0.15) is 6.42 Å². The number of piperazine rings is 1. The summed E-state index contributed by atoms with van der Waals surface area (Å²) < 4.78 is 12.7. The highest BCUT2D eigenvalue weighted by atomic mass is 16.6. The fourth-order valence-electron chi connectivity index (χ4n) is 4.05. The lowest BCUT2D eigenvalue weighted by Crippen LogP contribution is -2.55. The minimum absolute atomic E-state index is 0.0878. The first-order valence-electron chi connectivity index (χ1n) is 10.9. The summed E-state index contributed by atoms with van der Waals surface area (Å²) in [6.45, 7) is 2.00. The van der Waals surface area contributed by atoms with Gasteiger partial charge in [0.15, 0.2) is 11.5 Å². The third kappa shape index (κ3) is 4.23. The third-order valence-electron chi connectivity index (χ3n) is 5.89. The molecule has 0 spiro atoms. The number of amides is 2. The molecule has 2 aromatic carbocycles. The molecule has 1 saturated heterocycles. The van der Waals surface area contributed by atoms with Gasteiger partial charge in [-0.15, -0.1) is 5.10 Å². The Kier molecular flexibility index (Phi) is 5.64. The van der Waals surface area contributed by atoms with Crippen LogP contribution in [0.25, 0.3) is 10.9 Å². The number of benzene rings is 2. The molecule has 10 heteroatoms. The number of nitrogens with zero attached hydrogens (tertiary/aromatic N) is 5. The van der Waals surface area contributed by atoms with Gasteiger partial charge in [0.1, 0.15) is 12.1 Å². The van der Waals surface area contributed by atoms with Crippen molar-refractivity contribution in [3.63, 3.8) is 0 Å². The molecule has 3 heterocycles. The Labute approximate surface area is 189 Å². The number of rotatable bonds is 4. The zero-order valence-electron chi connectivity index (χ0n) is 17.9. The van der Waals surface area contributed by atoms with E-state index >= 15 is 0 Å². The quantitative estimate of drug-likeness (QED) is 0.577. The van der Waals surface area contributed by atoms with E-state index < -0.39 is 6.10 Å². The van der Waals surface area contributed by atoms with Crippen molar-refractivity contribution in [1.82, 2.24) is 24.8 Å². The number of hydrogen-bond donors (Lipinski definition) is 0. The highest BCUT2D eigenvalue weighted by Gasteiger charge is 2.33. The van der Waals surface area contributed by atoms with Gasteiger partial charge in [-0.25, -0.2) is 4.68 Å². The topological polar surface area (TPSA) is 107 Å². The van der Waals surface area contributed by atoms with E-state index in [1.165, 1.54) is 4.68 Å². The van der Waals surface area contributed by atoms with Crippen LogP contribution >= 0.6 is 0 Å². The van der Waals surface area contributed by atoms with Gasteiger partial charge in [0.2, 0.25) is 12.0 Å². The van der Waals surface area contributed by atoms with Gasteiger partial charge in [-0.1, -0.05) is 29.5 Å². The van der Waals surface area contributed by atoms with Crippen LogP contribution in [0.2, 0.25) is 0 Å². The van der Waals surface area contributed by atoms with Crippen LogP contribution < -0.4 is 15.0 Å². The molecule has 0 saturated carbocycles. The summed E-state index contributed by atoms with van der Waals surface area (Å²) in [6, 6.07) is 14.2. The molecule has 0 unspecified atom stereocenters. The van der Waals surface area contributed by atoms with Crippen molar-refractivity contribution in [2.75, 3.05) is 32.8 Å². The molecule has 1 atom stereocenters. The zero-order chi connectivity index (χ0) is 22.8. The van der Waals surface area contributed by atoms with E-state index in [4.69, 9.17) is 9.47 Å². The summed E-state index contributed by atoms with van der Waals surface area (Å²) in [5.74, 6) is 0.958. The molecule has 0 radical (unpaired) electrons. The van der Waals surface area contributed by atoms with Crippen molar-refractivity contribution in [3.8, 4) is 11.5 Å². The van der Waals surface area contributed by atoms with E-state index in [-0.39, 0.29) is 36.9 Å². The van der Waals surface area contributed by atoms with Crippen LogP contribution in [0.15, 0.2) is 53.3 Å². The lowest BCUT2D eigenvalue weighted by Gasteiger charge is -2.37. The molecular formula is C23H23N5O5. The fraction of sp³-hybridized carbons (Fsp3) is 0.348. The van der Waals surface area contributed by atoms with Crippen LogP contribution in [0.5, 0.6) is 11.5 Å². The van der Waals surface area contributed by atoms with Crippen LogP contribution in [0, 0.1) is 0 Å². The predicted molar refractivity (Wildman–Crippen MR) is 118 cm³/mol. The van der Waals surface area contributed by atoms with E-state index in [0.717, 1.165) is 0 Å². The van der Waals surface area contributed by atoms with Gasteiger partial charge in [-0.05, 0) is 24.3 Å². The van der Waals surface area contributed by atoms with Crippen molar-refractivity contribution in [3.05, 3.63) is 58.9 Å². The molecule has 2 aliphatic heterocycles. The summed E-state index contributed by atoms with van der Waals surface area (Å²) in [4.78, 5) is 41.5. The van der Waals surface area contributed by atoms with Crippen LogP contribution in [0.3, 0.4) is 0 Å². The molecule has 0 bridgehead atoms. The van der Waals surface area contributed by atoms with Crippen molar-refractivity contribution in [1.29, 1.82) is 0 Å². The fourth-order valence-corrected chi connectivity index (χ4v) is 4.05. The Morgan fingerprint density at radius 3 is 2.45 bits per heavy atom. The van der Waals surface area contributed by atoms with Gasteiger partial charge in [0.05, 0.1) is 11.9 Å². The van der Waals surface area contributed by atoms with Gasteiger partial charge >= 0.3 is 0 Å². The Hall–Kier alpha value is -3.95. The number of aromatic nitrogens is 3. The monoisotopic (exact) mass is 449 g/mol. The number of fused-ring (bicyclic) bond motifs is 2. The van der Waals surface area contributed by atoms with Gasteiger partial charge in [-0.3, -0.25) is 14.4 Å². The summed E-state index contributed by atoms with van der Waals surface area (Å²) in [5.41, 5.74) is 0.266. The summed E-state index contributed by atoms with van der Waals surface area (Å²) in [7, 11) is 0. The van der Waals surface area contributed by atoms with Gasteiger partial charge < -0.3 is 19.3 Å². The van der Waals surface area contributed by atoms with E-state index in [1.807, 2.05) is 12.1 Å². The van der Waals surface area contributed by atoms with Crippen molar-refractivity contribution < 1.29 is 19.1 Å². The summed E-state index contributed by atoms with van der Waals surface area (Å²) in [5, 5.41) is 8.45. The largest absolute Gasteiger partial charge is 0.485 e. The normalized spacial score (nSPS) is 17.8. The van der Waals surface area contributed by atoms with Crippen molar-refractivity contribution in [2.45, 2.75) is 19.1 Å². The summed E-state index contributed by atoms with van der Waals surface area (Å²) >= 11 is 0. The number of ether oxygens (including phenoxy) is 2. The number of hydrogen-bond acceptors (Lipinski definition) is 7. The summed E-state index contributed by atoms with van der Waals surface area (Å²) in [6.07, 6.45) is -0.558. The molecule has 0 aliphatic carbocycles. The highest BCUT2D eigenvalue weighted by Crippen LogP contribution is 2.31. The van der Waals surface area contributed by atoms with Crippen LogP contribution in [-0.4, -0.2) is 75.5 Å². The Morgan fingerprint density at radius 2 is 1.64 bits per heavy atom. The van der Waals surface area contributed by atoms with Crippen molar-refractivity contribution >= 4 is 22.7 Å². The average molecular weight is 449 g/mol. The molecule has 5 rings (SSSR count). The minimum atomic E-state index is -0.694. The van der Waals surface area contributed by atoms with Crippen molar-refractivity contribution in [2.24, 2.45) is 0 Å². The molecule has 0 N–H and O–H groups in total.